The number of hydrogen-bond donors (Lipinski definition) is 1. The average Bonchev–Trinajstić information content (AvgIpc) is 2.96. The summed E-state index contributed by atoms with van der Waals surface area (Å²) < 4.78 is 6.34. The highest BCUT2D eigenvalue weighted by atomic mass is 32.1. The summed E-state index contributed by atoms with van der Waals surface area (Å²) in [5, 5.41) is 1.89. The molecule has 1 saturated heterocycles. The zero-order valence-electron chi connectivity index (χ0n) is 13.2. The summed E-state index contributed by atoms with van der Waals surface area (Å²) in [6.45, 7) is 4.74. The standard InChI is InChI=1S/C15H15BN6OS/c1-8-9(6-18-14(17)19-8)11-13-12(10(16)7-24-13)21-15(20-11)22-2-4-23-5-3-22/h6-7H,2-5H2,1H3,(H2,17,18,19). The maximum Gasteiger partial charge on any atom is 0.226 e. The minimum Gasteiger partial charge on any atom is -0.378 e. The van der Waals surface area contributed by atoms with Crippen LogP contribution in [-0.4, -0.2) is 54.1 Å². The number of nitrogen functional groups attached to an aromatic ring is 1. The van der Waals surface area contributed by atoms with Crippen LogP contribution in [0.4, 0.5) is 11.9 Å². The number of rotatable bonds is 2. The lowest BCUT2D eigenvalue weighted by Gasteiger charge is -2.27. The van der Waals surface area contributed by atoms with Crippen molar-refractivity contribution in [3.8, 4) is 11.3 Å². The maximum atomic E-state index is 6.11. The zero-order valence-corrected chi connectivity index (χ0v) is 14.0. The highest BCUT2D eigenvalue weighted by Crippen LogP contribution is 2.32. The largest absolute Gasteiger partial charge is 0.378 e. The molecule has 4 rings (SSSR count). The molecule has 0 amide bonds. The van der Waals surface area contributed by atoms with E-state index >= 15 is 0 Å². The fourth-order valence-corrected chi connectivity index (χ4v) is 3.63. The number of aromatic nitrogens is 4. The minimum absolute atomic E-state index is 0.251. The van der Waals surface area contributed by atoms with Crippen molar-refractivity contribution in [2.75, 3.05) is 36.9 Å². The van der Waals surface area contributed by atoms with E-state index in [9.17, 15) is 0 Å². The van der Waals surface area contributed by atoms with Crippen molar-refractivity contribution >= 4 is 46.8 Å². The molecule has 1 aliphatic heterocycles. The Morgan fingerprint density at radius 1 is 1.25 bits per heavy atom. The molecule has 0 spiro atoms. The van der Waals surface area contributed by atoms with Crippen molar-refractivity contribution in [1.82, 2.24) is 19.9 Å². The maximum absolute atomic E-state index is 6.11. The molecule has 0 atom stereocenters. The van der Waals surface area contributed by atoms with E-state index in [4.69, 9.17) is 23.3 Å². The fraction of sp³-hybridized carbons (Fsp3) is 0.333. The van der Waals surface area contributed by atoms with Crippen LogP contribution in [0.5, 0.6) is 0 Å². The van der Waals surface area contributed by atoms with Crippen LogP contribution in [0.15, 0.2) is 11.6 Å². The molecule has 3 aromatic heterocycles. The van der Waals surface area contributed by atoms with Gasteiger partial charge in [-0.05, 0) is 12.3 Å². The predicted molar refractivity (Wildman–Crippen MR) is 96.0 cm³/mol. The van der Waals surface area contributed by atoms with Crippen LogP contribution in [0, 0.1) is 6.92 Å². The SMILES string of the molecule is [B]c1csc2c(-c3cnc(N)nc3C)nc(N3CCOCC3)nc12. The van der Waals surface area contributed by atoms with Crippen LogP contribution in [0.3, 0.4) is 0 Å². The average molecular weight is 338 g/mol. The molecular weight excluding hydrogens is 323 g/mol. The first-order valence-corrected chi connectivity index (χ1v) is 8.48. The summed E-state index contributed by atoms with van der Waals surface area (Å²) in [6, 6.07) is 0. The number of morpholine rings is 1. The van der Waals surface area contributed by atoms with Crippen molar-refractivity contribution in [3.05, 3.63) is 17.3 Å². The summed E-state index contributed by atoms with van der Waals surface area (Å²) in [7, 11) is 6.11. The predicted octanol–water partition coefficient (Wildman–Crippen LogP) is 0.669. The van der Waals surface area contributed by atoms with Gasteiger partial charge in [-0.3, -0.25) is 0 Å². The molecular formula is C15H15BN6OS. The highest BCUT2D eigenvalue weighted by molar-refractivity contribution is 7.18. The van der Waals surface area contributed by atoms with Gasteiger partial charge < -0.3 is 15.4 Å². The van der Waals surface area contributed by atoms with Crippen molar-refractivity contribution in [2.24, 2.45) is 0 Å². The van der Waals surface area contributed by atoms with Crippen molar-refractivity contribution in [3.63, 3.8) is 0 Å². The van der Waals surface area contributed by atoms with Gasteiger partial charge in [0.2, 0.25) is 11.9 Å². The molecule has 0 bridgehead atoms. The Bertz CT molecular complexity index is 908. The van der Waals surface area contributed by atoms with Crippen molar-refractivity contribution < 1.29 is 4.74 Å². The molecule has 1 aliphatic rings. The summed E-state index contributed by atoms with van der Waals surface area (Å²) >= 11 is 1.52. The molecule has 0 aliphatic carbocycles. The number of ether oxygens (including phenoxy) is 1. The lowest BCUT2D eigenvalue weighted by Crippen LogP contribution is -2.37. The molecule has 3 aromatic rings. The second-order valence-corrected chi connectivity index (χ2v) is 6.45. The van der Waals surface area contributed by atoms with Gasteiger partial charge in [-0.1, -0.05) is 5.46 Å². The fourth-order valence-electron chi connectivity index (χ4n) is 2.73. The third-order valence-corrected chi connectivity index (χ3v) is 4.97. The van der Waals surface area contributed by atoms with Crippen LogP contribution in [0.1, 0.15) is 5.69 Å². The van der Waals surface area contributed by atoms with E-state index in [0.717, 1.165) is 40.3 Å². The van der Waals surface area contributed by atoms with Crippen molar-refractivity contribution in [2.45, 2.75) is 6.92 Å². The van der Waals surface area contributed by atoms with Gasteiger partial charge in [-0.2, -0.15) is 0 Å². The Morgan fingerprint density at radius 2 is 2.04 bits per heavy atom. The molecule has 24 heavy (non-hydrogen) atoms. The monoisotopic (exact) mass is 338 g/mol. The van der Waals surface area contributed by atoms with Gasteiger partial charge in [0.15, 0.2) is 0 Å². The molecule has 2 N–H and O–H groups in total. The molecule has 4 heterocycles. The molecule has 2 radical (unpaired) electrons. The van der Waals surface area contributed by atoms with E-state index in [-0.39, 0.29) is 5.95 Å². The number of thiophene rings is 1. The van der Waals surface area contributed by atoms with Gasteiger partial charge >= 0.3 is 0 Å². The second kappa shape index (κ2) is 5.99. The van der Waals surface area contributed by atoms with E-state index in [1.807, 2.05) is 12.3 Å². The van der Waals surface area contributed by atoms with Crippen LogP contribution in [0.25, 0.3) is 21.5 Å². The minimum atomic E-state index is 0.251. The molecule has 0 unspecified atom stereocenters. The van der Waals surface area contributed by atoms with Gasteiger partial charge in [0, 0.05) is 24.8 Å². The normalized spacial score (nSPS) is 15.1. The number of nitrogens with zero attached hydrogens (tertiary/aromatic N) is 5. The Hall–Kier alpha value is -2.26. The first-order chi connectivity index (χ1) is 11.6. The van der Waals surface area contributed by atoms with E-state index < -0.39 is 0 Å². The van der Waals surface area contributed by atoms with Crippen LogP contribution >= 0.6 is 11.3 Å². The molecule has 0 aromatic carbocycles. The highest BCUT2D eigenvalue weighted by Gasteiger charge is 2.20. The Kier molecular flexibility index (Phi) is 3.81. The van der Waals surface area contributed by atoms with E-state index in [2.05, 4.69) is 19.9 Å². The van der Waals surface area contributed by atoms with Gasteiger partial charge in [0.1, 0.15) is 7.85 Å². The van der Waals surface area contributed by atoms with Crippen LogP contribution < -0.4 is 16.1 Å². The quantitative estimate of drug-likeness (QED) is 0.687. The number of anilines is 2. The third-order valence-electron chi connectivity index (χ3n) is 3.98. The van der Waals surface area contributed by atoms with Crippen molar-refractivity contribution in [1.29, 1.82) is 0 Å². The second-order valence-electron chi connectivity index (χ2n) is 5.57. The first-order valence-electron chi connectivity index (χ1n) is 7.60. The lowest BCUT2D eigenvalue weighted by atomic mass is 9.98. The number of nitrogens with two attached hydrogens (primary N) is 1. The smallest absolute Gasteiger partial charge is 0.226 e. The van der Waals surface area contributed by atoms with E-state index in [0.29, 0.717) is 24.6 Å². The summed E-state index contributed by atoms with van der Waals surface area (Å²) in [4.78, 5) is 19.9. The first kappa shape index (κ1) is 15.3. The van der Waals surface area contributed by atoms with Crippen LogP contribution in [0.2, 0.25) is 0 Å². The molecule has 120 valence electrons. The van der Waals surface area contributed by atoms with Gasteiger partial charge in [-0.15, -0.1) is 11.3 Å². The topological polar surface area (TPSA) is 90.0 Å². The third kappa shape index (κ3) is 2.59. The molecule has 1 fully saturated rings. The summed E-state index contributed by atoms with van der Waals surface area (Å²) in [6.07, 6.45) is 1.71. The van der Waals surface area contributed by atoms with E-state index in [1.54, 1.807) is 6.20 Å². The number of fused-ring (bicyclic) bond motifs is 1. The summed E-state index contributed by atoms with van der Waals surface area (Å²) in [5.74, 6) is 0.905. The Balaban J connectivity index is 1.92. The van der Waals surface area contributed by atoms with Gasteiger partial charge in [-0.25, -0.2) is 19.9 Å². The lowest BCUT2D eigenvalue weighted by molar-refractivity contribution is 0.122. The van der Waals surface area contributed by atoms with E-state index in [1.165, 1.54) is 11.3 Å². The van der Waals surface area contributed by atoms with Crippen LogP contribution in [-0.2, 0) is 4.74 Å². The Labute approximate surface area is 144 Å². The van der Waals surface area contributed by atoms with Gasteiger partial charge in [0.05, 0.1) is 34.8 Å². The van der Waals surface area contributed by atoms with Gasteiger partial charge in [0.25, 0.3) is 0 Å². The molecule has 9 heteroatoms. The molecule has 7 nitrogen and oxygen atoms in total. The molecule has 0 saturated carbocycles. The summed E-state index contributed by atoms with van der Waals surface area (Å²) in [5.41, 5.74) is 9.51. The number of hydrogen-bond acceptors (Lipinski definition) is 8. The zero-order chi connectivity index (χ0) is 16.7. The number of aryl methyl sites for hydroxylation is 1. The Morgan fingerprint density at radius 3 is 2.79 bits per heavy atom.